The molecule has 0 spiro atoms. The fourth-order valence-electron chi connectivity index (χ4n) is 2.68. The standard InChI is InChI=1S/C23H18BrN3O4/c1-15-5-9-17(10-6-15)22(28)26-21(13-16-7-11-18(24)12-8-16)23(29)25-19-3-2-4-20(14-19)27(30)31/h2-14H,1H3,(H,25,29)(H,26,28)/b21-13-. The van der Waals surface area contributed by atoms with Crippen LogP contribution in [0.3, 0.4) is 0 Å². The Kier molecular flexibility index (Phi) is 6.94. The van der Waals surface area contributed by atoms with E-state index in [4.69, 9.17) is 0 Å². The van der Waals surface area contributed by atoms with Gasteiger partial charge in [0.15, 0.2) is 0 Å². The van der Waals surface area contributed by atoms with E-state index in [1.54, 1.807) is 36.4 Å². The van der Waals surface area contributed by atoms with Gasteiger partial charge in [0.2, 0.25) is 0 Å². The number of nitro groups is 1. The van der Waals surface area contributed by atoms with Gasteiger partial charge in [0.25, 0.3) is 17.5 Å². The highest BCUT2D eigenvalue weighted by Gasteiger charge is 2.16. The maximum atomic E-state index is 12.9. The molecule has 0 saturated carbocycles. The highest BCUT2D eigenvalue weighted by molar-refractivity contribution is 9.10. The van der Waals surface area contributed by atoms with Gasteiger partial charge in [-0.2, -0.15) is 0 Å². The van der Waals surface area contributed by atoms with E-state index in [1.165, 1.54) is 30.3 Å². The van der Waals surface area contributed by atoms with Crippen molar-refractivity contribution in [3.05, 3.63) is 110 Å². The van der Waals surface area contributed by atoms with Crippen LogP contribution in [-0.4, -0.2) is 16.7 Å². The third-order valence-electron chi connectivity index (χ3n) is 4.30. The number of carbonyl (C=O) groups is 2. The molecule has 3 aromatic carbocycles. The van der Waals surface area contributed by atoms with E-state index in [0.717, 1.165) is 10.0 Å². The number of anilines is 1. The van der Waals surface area contributed by atoms with Crippen LogP contribution in [0, 0.1) is 17.0 Å². The lowest BCUT2D eigenvalue weighted by Gasteiger charge is -2.11. The number of nitro benzene ring substituents is 1. The van der Waals surface area contributed by atoms with Crippen molar-refractivity contribution in [3.63, 3.8) is 0 Å². The number of nitrogens with zero attached hydrogens (tertiary/aromatic N) is 1. The zero-order valence-corrected chi connectivity index (χ0v) is 18.0. The SMILES string of the molecule is Cc1ccc(C(=O)N/C(=C\c2ccc(Br)cc2)C(=O)Nc2cccc([N+](=O)[O-])c2)cc1. The van der Waals surface area contributed by atoms with Crippen molar-refractivity contribution in [2.75, 3.05) is 5.32 Å². The molecule has 3 rings (SSSR count). The van der Waals surface area contributed by atoms with Gasteiger partial charge in [-0.15, -0.1) is 0 Å². The predicted octanol–water partition coefficient (Wildman–Crippen LogP) is 5.08. The van der Waals surface area contributed by atoms with Gasteiger partial charge in [-0.25, -0.2) is 0 Å². The average molecular weight is 480 g/mol. The van der Waals surface area contributed by atoms with Crippen LogP contribution in [0.1, 0.15) is 21.5 Å². The van der Waals surface area contributed by atoms with E-state index in [-0.39, 0.29) is 17.1 Å². The number of non-ortho nitro benzene ring substituents is 1. The zero-order valence-electron chi connectivity index (χ0n) is 16.5. The lowest BCUT2D eigenvalue weighted by Crippen LogP contribution is -2.30. The molecular weight excluding hydrogens is 462 g/mol. The molecule has 0 atom stereocenters. The van der Waals surface area contributed by atoms with E-state index < -0.39 is 16.7 Å². The van der Waals surface area contributed by atoms with Crippen LogP contribution >= 0.6 is 15.9 Å². The van der Waals surface area contributed by atoms with E-state index in [0.29, 0.717) is 11.1 Å². The van der Waals surface area contributed by atoms with Crippen molar-refractivity contribution in [2.24, 2.45) is 0 Å². The minimum Gasteiger partial charge on any atom is -0.320 e. The van der Waals surface area contributed by atoms with Gasteiger partial charge in [0.05, 0.1) is 4.92 Å². The second kappa shape index (κ2) is 9.82. The molecule has 0 saturated heterocycles. The van der Waals surface area contributed by atoms with Gasteiger partial charge in [-0.3, -0.25) is 19.7 Å². The highest BCUT2D eigenvalue weighted by atomic mass is 79.9. The molecule has 2 N–H and O–H groups in total. The summed E-state index contributed by atoms with van der Waals surface area (Å²) in [5, 5.41) is 16.2. The van der Waals surface area contributed by atoms with Crippen LogP contribution in [0.25, 0.3) is 6.08 Å². The molecule has 0 aliphatic carbocycles. The normalized spacial score (nSPS) is 11.0. The summed E-state index contributed by atoms with van der Waals surface area (Å²) >= 11 is 3.36. The van der Waals surface area contributed by atoms with Crippen molar-refractivity contribution in [2.45, 2.75) is 6.92 Å². The summed E-state index contributed by atoms with van der Waals surface area (Å²) < 4.78 is 0.871. The minimum absolute atomic E-state index is 0.000552. The van der Waals surface area contributed by atoms with Crippen LogP contribution < -0.4 is 10.6 Å². The third-order valence-corrected chi connectivity index (χ3v) is 4.83. The third kappa shape index (κ3) is 6.10. The first-order valence-corrected chi connectivity index (χ1v) is 10.0. The first-order chi connectivity index (χ1) is 14.8. The number of halogens is 1. The van der Waals surface area contributed by atoms with Crippen LogP contribution in [0.2, 0.25) is 0 Å². The second-order valence-electron chi connectivity index (χ2n) is 6.69. The molecule has 0 heterocycles. The van der Waals surface area contributed by atoms with Crippen molar-refractivity contribution in [1.82, 2.24) is 5.32 Å². The Labute approximate surface area is 187 Å². The number of hydrogen-bond acceptors (Lipinski definition) is 4. The predicted molar refractivity (Wildman–Crippen MR) is 122 cm³/mol. The largest absolute Gasteiger partial charge is 0.320 e. The Bertz CT molecular complexity index is 1160. The molecule has 0 fully saturated rings. The zero-order chi connectivity index (χ0) is 22.4. The van der Waals surface area contributed by atoms with Crippen molar-refractivity contribution in [1.29, 1.82) is 0 Å². The molecule has 0 bridgehead atoms. The second-order valence-corrected chi connectivity index (χ2v) is 7.61. The fraction of sp³-hybridized carbons (Fsp3) is 0.0435. The number of rotatable bonds is 6. The van der Waals surface area contributed by atoms with E-state index in [9.17, 15) is 19.7 Å². The first kappa shape index (κ1) is 21.9. The summed E-state index contributed by atoms with van der Waals surface area (Å²) in [4.78, 5) is 36.0. The van der Waals surface area contributed by atoms with Crippen LogP contribution in [0.15, 0.2) is 83.0 Å². The number of benzene rings is 3. The number of hydrogen-bond donors (Lipinski definition) is 2. The van der Waals surface area contributed by atoms with Crippen molar-refractivity contribution >= 4 is 45.2 Å². The molecule has 0 radical (unpaired) electrons. The quantitative estimate of drug-likeness (QED) is 0.292. The van der Waals surface area contributed by atoms with Gasteiger partial charge in [0.1, 0.15) is 5.70 Å². The summed E-state index contributed by atoms with van der Waals surface area (Å²) in [6, 6.07) is 19.7. The van der Waals surface area contributed by atoms with Gasteiger partial charge in [-0.05, 0) is 48.9 Å². The van der Waals surface area contributed by atoms with Gasteiger partial charge in [-0.1, -0.05) is 51.8 Å². The summed E-state index contributed by atoms with van der Waals surface area (Å²) in [6.07, 6.45) is 1.53. The van der Waals surface area contributed by atoms with Crippen LogP contribution in [0.4, 0.5) is 11.4 Å². The van der Waals surface area contributed by atoms with Crippen LogP contribution in [0.5, 0.6) is 0 Å². The number of nitrogens with one attached hydrogen (secondary N) is 2. The Morgan fingerprint density at radius 2 is 1.68 bits per heavy atom. The molecule has 0 aliphatic rings. The number of aryl methyl sites for hydroxylation is 1. The van der Waals surface area contributed by atoms with Gasteiger partial charge < -0.3 is 10.6 Å². The molecule has 0 unspecified atom stereocenters. The minimum atomic E-state index is -0.608. The van der Waals surface area contributed by atoms with E-state index in [1.807, 2.05) is 19.1 Å². The molecule has 7 nitrogen and oxygen atoms in total. The van der Waals surface area contributed by atoms with Crippen LogP contribution in [-0.2, 0) is 4.79 Å². The Morgan fingerprint density at radius 3 is 2.32 bits per heavy atom. The molecule has 156 valence electrons. The molecular formula is C23H18BrN3O4. The first-order valence-electron chi connectivity index (χ1n) is 9.23. The lowest BCUT2D eigenvalue weighted by atomic mass is 10.1. The maximum absolute atomic E-state index is 12.9. The topological polar surface area (TPSA) is 101 Å². The summed E-state index contributed by atoms with van der Waals surface area (Å²) in [7, 11) is 0. The summed E-state index contributed by atoms with van der Waals surface area (Å²) in [5.74, 6) is -1.05. The maximum Gasteiger partial charge on any atom is 0.272 e. The van der Waals surface area contributed by atoms with E-state index in [2.05, 4.69) is 26.6 Å². The monoisotopic (exact) mass is 479 g/mol. The van der Waals surface area contributed by atoms with Crippen molar-refractivity contribution < 1.29 is 14.5 Å². The van der Waals surface area contributed by atoms with E-state index >= 15 is 0 Å². The molecule has 31 heavy (non-hydrogen) atoms. The Balaban J connectivity index is 1.89. The fourth-order valence-corrected chi connectivity index (χ4v) is 2.94. The Hall–Kier alpha value is -3.78. The number of carbonyl (C=O) groups excluding carboxylic acids is 2. The molecule has 0 aliphatic heterocycles. The summed E-state index contributed by atoms with van der Waals surface area (Å²) in [6.45, 7) is 1.91. The van der Waals surface area contributed by atoms with Gasteiger partial charge in [0, 0.05) is 27.9 Å². The highest BCUT2D eigenvalue weighted by Crippen LogP contribution is 2.18. The molecule has 8 heteroatoms. The molecule has 3 aromatic rings. The lowest BCUT2D eigenvalue weighted by molar-refractivity contribution is -0.384. The molecule has 0 aromatic heterocycles. The van der Waals surface area contributed by atoms with Gasteiger partial charge >= 0.3 is 0 Å². The molecule has 2 amide bonds. The smallest absolute Gasteiger partial charge is 0.272 e. The number of amides is 2. The summed E-state index contributed by atoms with van der Waals surface area (Å²) in [5.41, 5.74) is 2.18. The van der Waals surface area contributed by atoms with Crippen molar-refractivity contribution in [3.8, 4) is 0 Å². The Morgan fingerprint density at radius 1 is 1.00 bits per heavy atom. The average Bonchev–Trinajstić information content (AvgIpc) is 2.75.